The molecule has 0 unspecified atom stereocenters. The first-order valence-corrected chi connectivity index (χ1v) is 11.1. The van der Waals surface area contributed by atoms with E-state index < -0.39 is 0 Å². The molecule has 1 fully saturated rings. The molecule has 32 heavy (non-hydrogen) atoms. The number of amides is 1. The highest BCUT2D eigenvalue weighted by atomic mass is 16.5. The van der Waals surface area contributed by atoms with E-state index in [1.807, 2.05) is 19.1 Å². The van der Waals surface area contributed by atoms with Crippen LogP contribution in [0.25, 0.3) is 0 Å². The fraction of sp³-hybridized carbons (Fsp3) is 0.500. The number of aromatic nitrogens is 2. The van der Waals surface area contributed by atoms with E-state index in [-0.39, 0.29) is 29.7 Å². The van der Waals surface area contributed by atoms with E-state index in [1.165, 1.54) is 19.8 Å². The highest BCUT2D eigenvalue weighted by molar-refractivity contribution is 6.11. The largest absolute Gasteiger partial charge is 0.469 e. The maximum atomic E-state index is 13.3. The van der Waals surface area contributed by atoms with Gasteiger partial charge < -0.3 is 20.1 Å². The Labute approximate surface area is 188 Å². The Kier molecular flexibility index (Phi) is 6.30. The van der Waals surface area contributed by atoms with Crippen LogP contribution in [-0.2, 0) is 16.0 Å². The van der Waals surface area contributed by atoms with Crippen molar-refractivity contribution in [2.45, 2.75) is 57.4 Å². The lowest BCUT2D eigenvalue weighted by Gasteiger charge is -2.34. The molecule has 1 aliphatic heterocycles. The number of hydrogen-bond acceptors (Lipinski definition) is 7. The van der Waals surface area contributed by atoms with Crippen molar-refractivity contribution in [1.82, 2.24) is 9.97 Å². The number of hydrogen-bond donors (Lipinski definition) is 1. The van der Waals surface area contributed by atoms with E-state index in [4.69, 9.17) is 15.2 Å². The number of rotatable bonds is 5. The molecule has 2 N–H and O–H groups in total. The molecule has 2 aliphatic rings. The van der Waals surface area contributed by atoms with Gasteiger partial charge in [-0.25, -0.2) is 0 Å². The Morgan fingerprint density at radius 3 is 2.44 bits per heavy atom. The molecular weight excluding hydrogens is 408 g/mol. The van der Waals surface area contributed by atoms with Crippen molar-refractivity contribution < 1.29 is 19.1 Å². The van der Waals surface area contributed by atoms with Crippen LogP contribution in [0.15, 0.2) is 24.3 Å². The van der Waals surface area contributed by atoms with Gasteiger partial charge in [0, 0.05) is 24.6 Å². The molecule has 4 rings (SSSR count). The van der Waals surface area contributed by atoms with Gasteiger partial charge in [-0.05, 0) is 62.1 Å². The number of anilines is 2. The molecule has 1 aromatic heterocycles. The van der Waals surface area contributed by atoms with Gasteiger partial charge in [0.1, 0.15) is 11.4 Å². The molecule has 0 saturated heterocycles. The van der Waals surface area contributed by atoms with Crippen LogP contribution in [0.4, 0.5) is 11.5 Å². The second-order valence-electron chi connectivity index (χ2n) is 8.73. The third-order valence-corrected chi connectivity index (χ3v) is 6.71. The SMILES string of the molecule is COC(=O)CC1CCC(c2ccc(N3C(=O)c4c(N)nc(OC)nc4C[C@H]3C)cc2)CC1. The van der Waals surface area contributed by atoms with Gasteiger partial charge in [-0.15, -0.1) is 0 Å². The summed E-state index contributed by atoms with van der Waals surface area (Å²) >= 11 is 0. The maximum absolute atomic E-state index is 13.3. The zero-order valence-electron chi connectivity index (χ0n) is 18.8. The van der Waals surface area contributed by atoms with E-state index in [9.17, 15) is 9.59 Å². The molecule has 2 aromatic rings. The Morgan fingerprint density at radius 1 is 1.12 bits per heavy atom. The van der Waals surface area contributed by atoms with Crippen LogP contribution in [0, 0.1) is 5.92 Å². The number of carbonyl (C=O) groups excluding carboxylic acids is 2. The third-order valence-electron chi connectivity index (χ3n) is 6.71. The summed E-state index contributed by atoms with van der Waals surface area (Å²) in [7, 11) is 2.93. The smallest absolute Gasteiger partial charge is 0.318 e. The summed E-state index contributed by atoms with van der Waals surface area (Å²) in [6.07, 6.45) is 5.27. The highest BCUT2D eigenvalue weighted by Crippen LogP contribution is 2.38. The first-order chi connectivity index (χ1) is 15.4. The lowest BCUT2D eigenvalue weighted by Crippen LogP contribution is -2.45. The van der Waals surface area contributed by atoms with E-state index in [0.29, 0.717) is 35.9 Å². The van der Waals surface area contributed by atoms with Gasteiger partial charge in [0.2, 0.25) is 0 Å². The Hall–Kier alpha value is -3.16. The van der Waals surface area contributed by atoms with Crippen molar-refractivity contribution >= 4 is 23.4 Å². The first kappa shape index (κ1) is 22.0. The maximum Gasteiger partial charge on any atom is 0.318 e. The molecule has 170 valence electrons. The summed E-state index contributed by atoms with van der Waals surface area (Å²) in [6.45, 7) is 2.00. The Bertz CT molecular complexity index is 1000. The molecular formula is C24H30N4O4. The van der Waals surface area contributed by atoms with Gasteiger partial charge in [-0.2, -0.15) is 9.97 Å². The van der Waals surface area contributed by atoms with Crippen molar-refractivity contribution in [1.29, 1.82) is 0 Å². The quantitative estimate of drug-likeness (QED) is 0.712. The minimum Gasteiger partial charge on any atom is -0.469 e. The second kappa shape index (κ2) is 9.14. The fourth-order valence-corrected chi connectivity index (χ4v) is 4.96. The number of benzene rings is 1. The number of fused-ring (bicyclic) bond motifs is 1. The predicted molar refractivity (Wildman–Crippen MR) is 121 cm³/mol. The lowest BCUT2D eigenvalue weighted by atomic mass is 9.77. The summed E-state index contributed by atoms with van der Waals surface area (Å²) in [5.74, 6) is 0.731. The number of methoxy groups -OCH3 is 2. The van der Waals surface area contributed by atoms with Crippen molar-refractivity contribution in [3.05, 3.63) is 41.1 Å². The third kappa shape index (κ3) is 4.26. The summed E-state index contributed by atoms with van der Waals surface area (Å²) in [6, 6.07) is 8.37. The Morgan fingerprint density at radius 2 is 1.81 bits per heavy atom. The monoisotopic (exact) mass is 438 g/mol. The number of ether oxygens (including phenoxy) is 2. The van der Waals surface area contributed by atoms with Gasteiger partial charge >= 0.3 is 12.0 Å². The molecule has 8 heteroatoms. The van der Waals surface area contributed by atoms with Crippen LogP contribution >= 0.6 is 0 Å². The molecule has 1 saturated carbocycles. The number of carbonyl (C=O) groups is 2. The summed E-state index contributed by atoms with van der Waals surface area (Å²) in [5, 5.41) is 0. The van der Waals surface area contributed by atoms with Crippen LogP contribution in [-0.4, -0.2) is 42.1 Å². The fourth-order valence-electron chi connectivity index (χ4n) is 4.96. The molecule has 0 bridgehead atoms. The van der Waals surface area contributed by atoms with Crippen LogP contribution < -0.4 is 15.4 Å². The van der Waals surface area contributed by atoms with Gasteiger partial charge in [0.25, 0.3) is 5.91 Å². The van der Waals surface area contributed by atoms with Crippen LogP contribution in [0.1, 0.15) is 66.6 Å². The van der Waals surface area contributed by atoms with E-state index >= 15 is 0 Å². The molecule has 1 aromatic carbocycles. The standard InChI is InChI=1S/C24H30N4O4/c1-14-12-19-21(22(25)27-24(26-19)32-3)23(30)28(14)18-10-8-17(9-11-18)16-6-4-15(5-7-16)13-20(29)31-2/h8-11,14-16H,4-7,12-13H2,1-3H3,(H2,25,26,27)/t14-,15?,16?/m1/s1. The first-order valence-electron chi connectivity index (χ1n) is 11.1. The van der Waals surface area contributed by atoms with E-state index in [2.05, 4.69) is 22.1 Å². The average molecular weight is 439 g/mol. The normalized spacial score (nSPS) is 22.9. The second-order valence-corrected chi connectivity index (χ2v) is 8.73. The minimum atomic E-state index is -0.185. The van der Waals surface area contributed by atoms with Gasteiger partial charge in [-0.3, -0.25) is 9.59 Å². The summed E-state index contributed by atoms with van der Waals surface area (Å²) < 4.78 is 9.90. The number of esters is 1. The molecule has 0 radical (unpaired) electrons. The van der Waals surface area contributed by atoms with Crippen LogP contribution in [0.5, 0.6) is 6.01 Å². The zero-order chi connectivity index (χ0) is 22.8. The molecule has 8 nitrogen and oxygen atoms in total. The topological polar surface area (TPSA) is 108 Å². The summed E-state index contributed by atoms with van der Waals surface area (Å²) in [4.78, 5) is 35.0. The van der Waals surface area contributed by atoms with Gasteiger partial charge in [0.05, 0.1) is 19.9 Å². The van der Waals surface area contributed by atoms with Crippen molar-refractivity contribution in [3.8, 4) is 6.01 Å². The number of nitrogens with two attached hydrogens (primary N) is 1. The average Bonchev–Trinajstić information content (AvgIpc) is 2.79. The van der Waals surface area contributed by atoms with Gasteiger partial charge in [-0.1, -0.05) is 12.1 Å². The molecule has 1 aliphatic carbocycles. The van der Waals surface area contributed by atoms with Gasteiger partial charge in [0.15, 0.2) is 0 Å². The lowest BCUT2D eigenvalue weighted by molar-refractivity contribution is -0.142. The molecule has 2 heterocycles. The van der Waals surface area contributed by atoms with Crippen molar-refractivity contribution in [2.75, 3.05) is 24.9 Å². The minimum absolute atomic E-state index is 0.0615. The molecule has 0 spiro atoms. The molecule has 1 atom stereocenters. The summed E-state index contributed by atoms with van der Waals surface area (Å²) in [5.41, 5.74) is 9.16. The van der Waals surface area contributed by atoms with Crippen LogP contribution in [0.3, 0.4) is 0 Å². The predicted octanol–water partition coefficient (Wildman–Crippen LogP) is 3.50. The van der Waals surface area contributed by atoms with Crippen molar-refractivity contribution in [2.24, 2.45) is 5.92 Å². The number of nitrogens with zero attached hydrogens (tertiary/aromatic N) is 3. The van der Waals surface area contributed by atoms with E-state index in [0.717, 1.165) is 31.4 Å². The highest BCUT2D eigenvalue weighted by Gasteiger charge is 2.35. The van der Waals surface area contributed by atoms with Crippen LogP contribution in [0.2, 0.25) is 0 Å². The van der Waals surface area contributed by atoms with Crippen molar-refractivity contribution in [3.63, 3.8) is 0 Å². The Balaban J connectivity index is 1.48. The molecule has 1 amide bonds. The number of nitrogen functional groups attached to an aromatic ring is 1. The zero-order valence-corrected chi connectivity index (χ0v) is 18.8. The van der Waals surface area contributed by atoms with E-state index in [1.54, 1.807) is 4.90 Å².